The molecule has 0 amide bonds. The molecule has 0 atom stereocenters. The highest BCUT2D eigenvalue weighted by atomic mass is 14.9. The van der Waals surface area contributed by atoms with Gasteiger partial charge in [-0.25, -0.2) is 0 Å². The molecule has 0 aromatic carbocycles. The van der Waals surface area contributed by atoms with Crippen LogP contribution in [0.2, 0.25) is 0 Å². The van der Waals surface area contributed by atoms with Crippen LogP contribution in [0.1, 0.15) is 38.1 Å². The molecule has 0 bridgehead atoms. The Kier molecular flexibility index (Phi) is 3.69. The summed E-state index contributed by atoms with van der Waals surface area (Å²) in [4.78, 5) is 4.53. The summed E-state index contributed by atoms with van der Waals surface area (Å²) in [7, 11) is 0. The van der Waals surface area contributed by atoms with E-state index in [1.165, 1.54) is 0 Å². The lowest BCUT2D eigenvalue weighted by atomic mass is 10.1. The quantitative estimate of drug-likeness (QED) is 0.788. The molecule has 0 saturated heterocycles. The van der Waals surface area contributed by atoms with E-state index in [4.69, 9.17) is 0 Å². The molecule has 0 radical (unpaired) electrons. The first kappa shape index (κ1) is 10.8. The third kappa shape index (κ3) is 2.34. The first-order valence-corrected chi connectivity index (χ1v) is 5.06. The van der Waals surface area contributed by atoms with Crippen LogP contribution in [-0.4, -0.2) is 11.5 Å². The van der Waals surface area contributed by atoms with Gasteiger partial charge in [0.05, 0.1) is 11.4 Å². The molecule has 2 heteroatoms. The van der Waals surface area contributed by atoms with Crippen LogP contribution in [0.25, 0.3) is 6.08 Å². The van der Waals surface area contributed by atoms with E-state index in [0.29, 0.717) is 5.92 Å². The predicted octanol–water partition coefficient (Wildman–Crippen LogP) is 3.28. The van der Waals surface area contributed by atoms with Gasteiger partial charge in [-0.1, -0.05) is 20.4 Å². The number of aromatic nitrogens is 1. The van der Waals surface area contributed by atoms with Crippen molar-refractivity contribution in [1.29, 1.82) is 0 Å². The van der Waals surface area contributed by atoms with E-state index in [1.807, 2.05) is 0 Å². The Labute approximate surface area is 86.1 Å². The minimum absolute atomic E-state index is 0.462. The molecular formula is C12H18N2. The standard InChI is InChI=1S/C12H18N2/c1-5-10-12(13-6-2)8-7-11(14-10)9(3)4/h5,7-9,13H,1,6H2,2-4H3. The van der Waals surface area contributed by atoms with Gasteiger partial charge in [0.25, 0.3) is 0 Å². The van der Waals surface area contributed by atoms with Crippen molar-refractivity contribution in [2.75, 3.05) is 11.9 Å². The molecule has 1 N–H and O–H groups in total. The average molecular weight is 190 g/mol. The van der Waals surface area contributed by atoms with Crippen molar-refractivity contribution >= 4 is 11.8 Å². The molecule has 0 spiro atoms. The number of hydrogen-bond acceptors (Lipinski definition) is 2. The lowest BCUT2D eigenvalue weighted by Crippen LogP contribution is -2.02. The van der Waals surface area contributed by atoms with E-state index < -0.39 is 0 Å². The fourth-order valence-corrected chi connectivity index (χ4v) is 1.31. The van der Waals surface area contributed by atoms with E-state index in [0.717, 1.165) is 23.6 Å². The monoisotopic (exact) mass is 190 g/mol. The highest BCUT2D eigenvalue weighted by Gasteiger charge is 2.04. The molecule has 0 unspecified atom stereocenters. The maximum absolute atomic E-state index is 4.53. The van der Waals surface area contributed by atoms with Gasteiger partial charge < -0.3 is 5.32 Å². The first-order valence-electron chi connectivity index (χ1n) is 5.06. The van der Waals surface area contributed by atoms with Crippen LogP contribution in [0.15, 0.2) is 18.7 Å². The van der Waals surface area contributed by atoms with Crippen molar-refractivity contribution in [1.82, 2.24) is 4.98 Å². The number of anilines is 1. The van der Waals surface area contributed by atoms with Crippen molar-refractivity contribution < 1.29 is 0 Å². The minimum atomic E-state index is 0.462. The number of rotatable bonds is 4. The Hall–Kier alpha value is -1.31. The van der Waals surface area contributed by atoms with Gasteiger partial charge in [-0.05, 0) is 31.1 Å². The molecular weight excluding hydrogens is 172 g/mol. The normalized spacial score (nSPS) is 10.3. The fourth-order valence-electron chi connectivity index (χ4n) is 1.31. The molecule has 0 fully saturated rings. The van der Waals surface area contributed by atoms with Crippen molar-refractivity contribution in [3.8, 4) is 0 Å². The van der Waals surface area contributed by atoms with Gasteiger partial charge in [-0.3, -0.25) is 4.98 Å². The lowest BCUT2D eigenvalue weighted by molar-refractivity contribution is 0.821. The first-order chi connectivity index (χ1) is 6.69. The Morgan fingerprint density at radius 1 is 1.50 bits per heavy atom. The SMILES string of the molecule is C=Cc1nc(C(C)C)ccc1NCC. The van der Waals surface area contributed by atoms with Gasteiger partial charge in [0.2, 0.25) is 0 Å². The Balaban J connectivity index is 3.04. The zero-order valence-electron chi connectivity index (χ0n) is 9.17. The number of hydrogen-bond donors (Lipinski definition) is 1. The lowest BCUT2D eigenvalue weighted by Gasteiger charge is -2.10. The summed E-state index contributed by atoms with van der Waals surface area (Å²) < 4.78 is 0. The maximum atomic E-state index is 4.53. The van der Waals surface area contributed by atoms with E-state index in [-0.39, 0.29) is 0 Å². The summed E-state index contributed by atoms with van der Waals surface area (Å²) in [5.74, 6) is 0.462. The van der Waals surface area contributed by atoms with Gasteiger partial charge in [0.1, 0.15) is 0 Å². The van der Waals surface area contributed by atoms with Crippen LogP contribution >= 0.6 is 0 Å². The molecule has 2 nitrogen and oxygen atoms in total. The highest BCUT2D eigenvalue weighted by Crippen LogP contribution is 2.19. The van der Waals surface area contributed by atoms with E-state index >= 15 is 0 Å². The molecule has 0 aliphatic heterocycles. The largest absolute Gasteiger partial charge is 0.384 e. The van der Waals surface area contributed by atoms with Gasteiger partial charge in [-0.15, -0.1) is 0 Å². The number of pyridine rings is 1. The van der Waals surface area contributed by atoms with Crippen LogP contribution in [-0.2, 0) is 0 Å². The maximum Gasteiger partial charge on any atom is 0.0858 e. The van der Waals surface area contributed by atoms with E-state index in [9.17, 15) is 0 Å². The Morgan fingerprint density at radius 2 is 2.21 bits per heavy atom. The predicted molar refractivity (Wildman–Crippen MR) is 62.6 cm³/mol. The second-order valence-corrected chi connectivity index (χ2v) is 3.56. The smallest absolute Gasteiger partial charge is 0.0858 e. The third-order valence-electron chi connectivity index (χ3n) is 2.10. The van der Waals surface area contributed by atoms with Gasteiger partial charge in [0, 0.05) is 12.2 Å². The van der Waals surface area contributed by atoms with E-state index in [2.05, 4.69) is 49.8 Å². The fraction of sp³-hybridized carbons (Fsp3) is 0.417. The van der Waals surface area contributed by atoms with Crippen molar-refractivity contribution in [2.24, 2.45) is 0 Å². The van der Waals surface area contributed by atoms with Crippen LogP contribution in [0, 0.1) is 0 Å². The molecule has 0 saturated carbocycles. The third-order valence-corrected chi connectivity index (χ3v) is 2.10. The Bertz CT molecular complexity index is 316. The van der Waals surface area contributed by atoms with Crippen LogP contribution in [0.4, 0.5) is 5.69 Å². The van der Waals surface area contributed by atoms with E-state index in [1.54, 1.807) is 6.08 Å². The zero-order chi connectivity index (χ0) is 10.6. The second-order valence-electron chi connectivity index (χ2n) is 3.56. The average Bonchev–Trinajstić information content (AvgIpc) is 2.18. The summed E-state index contributed by atoms with van der Waals surface area (Å²) >= 11 is 0. The van der Waals surface area contributed by atoms with Gasteiger partial charge >= 0.3 is 0 Å². The van der Waals surface area contributed by atoms with Crippen molar-refractivity contribution in [3.63, 3.8) is 0 Å². The minimum Gasteiger partial charge on any atom is -0.384 e. The van der Waals surface area contributed by atoms with Gasteiger partial charge in [-0.2, -0.15) is 0 Å². The molecule has 1 aromatic rings. The van der Waals surface area contributed by atoms with Crippen molar-refractivity contribution in [2.45, 2.75) is 26.7 Å². The van der Waals surface area contributed by atoms with Crippen molar-refractivity contribution in [3.05, 3.63) is 30.1 Å². The number of nitrogens with one attached hydrogen (secondary N) is 1. The molecule has 0 aliphatic rings. The van der Waals surface area contributed by atoms with Crippen LogP contribution < -0.4 is 5.32 Å². The topological polar surface area (TPSA) is 24.9 Å². The van der Waals surface area contributed by atoms with Crippen LogP contribution in [0.5, 0.6) is 0 Å². The highest BCUT2D eigenvalue weighted by molar-refractivity contribution is 5.62. The number of nitrogens with zero attached hydrogens (tertiary/aromatic N) is 1. The Morgan fingerprint density at radius 3 is 2.71 bits per heavy atom. The zero-order valence-corrected chi connectivity index (χ0v) is 9.17. The van der Waals surface area contributed by atoms with Crippen LogP contribution in [0.3, 0.4) is 0 Å². The molecule has 1 aromatic heterocycles. The summed E-state index contributed by atoms with van der Waals surface area (Å²) in [5, 5.41) is 3.26. The molecule has 1 heterocycles. The summed E-state index contributed by atoms with van der Waals surface area (Å²) in [6.07, 6.45) is 1.80. The summed E-state index contributed by atoms with van der Waals surface area (Å²) in [6, 6.07) is 4.14. The molecule has 1 rings (SSSR count). The van der Waals surface area contributed by atoms with Gasteiger partial charge in [0.15, 0.2) is 0 Å². The molecule has 14 heavy (non-hydrogen) atoms. The second kappa shape index (κ2) is 4.80. The molecule has 0 aliphatic carbocycles. The summed E-state index contributed by atoms with van der Waals surface area (Å²) in [5.41, 5.74) is 3.12. The summed E-state index contributed by atoms with van der Waals surface area (Å²) in [6.45, 7) is 11.0. The molecule has 76 valence electrons.